The largest absolute Gasteiger partial charge is 0.309 e. The molecular weight excluding hydrogens is 605 g/mol. The van der Waals surface area contributed by atoms with Gasteiger partial charge in [0.1, 0.15) is 0 Å². The van der Waals surface area contributed by atoms with Crippen molar-refractivity contribution < 1.29 is 0 Å². The van der Waals surface area contributed by atoms with Gasteiger partial charge in [-0.15, -0.1) is 0 Å². The lowest BCUT2D eigenvalue weighted by Gasteiger charge is -2.44. The van der Waals surface area contributed by atoms with Crippen molar-refractivity contribution in [3.63, 3.8) is 0 Å². The van der Waals surface area contributed by atoms with Gasteiger partial charge in [0.2, 0.25) is 0 Å². The van der Waals surface area contributed by atoms with E-state index < -0.39 is 0 Å². The first-order valence-corrected chi connectivity index (χ1v) is 18.2. The van der Waals surface area contributed by atoms with Crippen LogP contribution in [-0.4, -0.2) is 9.13 Å². The second kappa shape index (κ2) is 9.37. The normalized spacial score (nSPS) is 17.8. The summed E-state index contributed by atoms with van der Waals surface area (Å²) in [6.45, 7) is 19.6. The van der Waals surface area contributed by atoms with E-state index in [4.69, 9.17) is 0 Å². The van der Waals surface area contributed by atoms with Crippen LogP contribution in [0.5, 0.6) is 0 Å². The first-order valence-electron chi connectivity index (χ1n) is 18.2. The standard InChI is InChI=1S/C48H44N2/c1-45(2)35-21-14-12-19-30(35)32-25-33-34-26-37-38(47(5,6)48(7,8)46(37,3)4)28-43(34)50(42(33)27-36(32)45)41-24-16-23-40-44(41)31-20-13-15-22-39(31)49(40)29-17-10-9-11-18-29/h9-28H,1-8H3. The van der Waals surface area contributed by atoms with Crippen LogP contribution in [-0.2, 0) is 16.2 Å². The lowest BCUT2D eigenvalue weighted by atomic mass is 9.59. The Labute approximate surface area is 295 Å². The Bertz CT molecular complexity index is 2740. The minimum atomic E-state index is -0.0908. The van der Waals surface area contributed by atoms with E-state index in [1.807, 2.05) is 0 Å². The van der Waals surface area contributed by atoms with Gasteiger partial charge >= 0.3 is 0 Å². The van der Waals surface area contributed by atoms with E-state index in [1.165, 1.54) is 88.4 Å². The minimum Gasteiger partial charge on any atom is -0.309 e. The van der Waals surface area contributed by atoms with Gasteiger partial charge in [0.05, 0.1) is 27.8 Å². The van der Waals surface area contributed by atoms with Crippen LogP contribution in [0.25, 0.3) is 66.1 Å². The first kappa shape index (κ1) is 29.8. The highest BCUT2D eigenvalue weighted by Gasteiger charge is 2.57. The predicted molar refractivity (Wildman–Crippen MR) is 213 cm³/mol. The molecule has 2 heteroatoms. The summed E-state index contributed by atoms with van der Waals surface area (Å²) in [5.41, 5.74) is 16.0. The fourth-order valence-electron chi connectivity index (χ4n) is 10.0. The summed E-state index contributed by atoms with van der Waals surface area (Å²) in [4.78, 5) is 0. The molecule has 2 aliphatic carbocycles. The van der Waals surface area contributed by atoms with Crippen LogP contribution in [0, 0.1) is 5.41 Å². The molecule has 0 amide bonds. The summed E-state index contributed by atoms with van der Waals surface area (Å²) >= 11 is 0. The molecule has 246 valence electrons. The third-order valence-corrected chi connectivity index (χ3v) is 14.0. The number of nitrogens with zero attached hydrogens (tertiary/aromatic N) is 2. The molecular formula is C48H44N2. The molecule has 0 unspecified atom stereocenters. The molecule has 2 aliphatic rings. The maximum absolute atomic E-state index is 2.61. The van der Waals surface area contributed by atoms with Gasteiger partial charge in [-0.2, -0.15) is 0 Å². The van der Waals surface area contributed by atoms with Gasteiger partial charge in [-0.3, -0.25) is 0 Å². The van der Waals surface area contributed by atoms with Crippen molar-refractivity contribution in [1.29, 1.82) is 0 Å². The van der Waals surface area contributed by atoms with Gasteiger partial charge in [0.15, 0.2) is 0 Å². The lowest BCUT2D eigenvalue weighted by molar-refractivity contribution is 0.125. The summed E-state index contributed by atoms with van der Waals surface area (Å²) in [6, 6.07) is 45.9. The Morgan fingerprint density at radius 1 is 0.400 bits per heavy atom. The molecule has 2 heterocycles. The molecule has 0 aliphatic heterocycles. The van der Waals surface area contributed by atoms with Crippen LogP contribution in [0.3, 0.4) is 0 Å². The summed E-state index contributed by atoms with van der Waals surface area (Å²) < 4.78 is 5.05. The molecule has 2 nitrogen and oxygen atoms in total. The molecule has 0 radical (unpaired) electrons. The van der Waals surface area contributed by atoms with Gasteiger partial charge in [0.25, 0.3) is 0 Å². The second-order valence-electron chi connectivity index (χ2n) is 17.1. The highest BCUT2D eigenvalue weighted by molar-refractivity contribution is 6.17. The molecule has 2 aromatic heterocycles. The van der Waals surface area contributed by atoms with Crippen molar-refractivity contribution in [1.82, 2.24) is 9.13 Å². The molecule has 8 aromatic rings. The highest BCUT2D eigenvalue weighted by atomic mass is 15.0. The van der Waals surface area contributed by atoms with E-state index >= 15 is 0 Å². The Balaban J connectivity index is 1.40. The highest BCUT2D eigenvalue weighted by Crippen LogP contribution is 2.62. The van der Waals surface area contributed by atoms with Crippen molar-refractivity contribution in [3.05, 3.63) is 144 Å². The monoisotopic (exact) mass is 648 g/mol. The summed E-state index contributed by atoms with van der Waals surface area (Å²) in [6.07, 6.45) is 0. The van der Waals surface area contributed by atoms with Crippen LogP contribution < -0.4 is 0 Å². The van der Waals surface area contributed by atoms with E-state index in [0.717, 1.165) is 0 Å². The molecule has 6 aromatic carbocycles. The average Bonchev–Trinajstić information content (AvgIpc) is 3.72. The molecule has 0 N–H and O–H groups in total. The molecule has 0 saturated heterocycles. The van der Waals surface area contributed by atoms with Crippen molar-refractivity contribution in [2.75, 3.05) is 0 Å². The van der Waals surface area contributed by atoms with Gasteiger partial charge in [-0.1, -0.05) is 122 Å². The fraction of sp³-hybridized carbons (Fsp3) is 0.250. The van der Waals surface area contributed by atoms with Gasteiger partial charge in [-0.25, -0.2) is 0 Å². The van der Waals surface area contributed by atoms with Crippen molar-refractivity contribution in [3.8, 4) is 22.5 Å². The molecule has 50 heavy (non-hydrogen) atoms. The average molecular weight is 649 g/mol. The summed E-state index contributed by atoms with van der Waals surface area (Å²) in [7, 11) is 0. The first-order chi connectivity index (χ1) is 23.9. The van der Waals surface area contributed by atoms with E-state index in [0.29, 0.717) is 0 Å². The zero-order valence-corrected chi connectivity index (χ0v) is 30.4. The minimum absolute atomic E-state index is 0.000654. The van der Waals surface area contributed by atoms with E-state index in [9.17, 15) is 0 Å². The van der Waals surface area contributed by atoms with Crippen molar-refractivity contribution in [2.45, 2.75) is 71.6 Å². The molecule has 0 atom stereocenters. The fourth-order valence-corrected chi connectivity index (χ4v) is 10.0. The Kier molecular flexibility index (Phi) is 5.59. The van der Waals surface area contributed by atoms with Gasteiger partial charge in [0, 0.05) is 32.6 Å². The third kappa shape index (κ3) is 3.40. The van der Waals surface area contributed by atoms with Gasteiger partial charge < -0.3 is 9.13 Å². The molecule has 0 spiro atoms. The van der Waals surface area contributed by atoms with Crippen LogP contribution in [0.15, 0.2) is 121 Å². The number of hydrogen-bond acceptors (Lipinski definition) is 0. The van der Waals surface area contributed by atoms with Crippen LogP contribution >= 0.6 is 0 Å². The number of aromatic nitrogens is 2. The van der Waals surface area contributed by atoms with Crippen LogP contribution in [0.1, 0.15) is 77.6 Å². The van der Waals surface area contributed by atoms with E-state index in [2.05, 4.69) is 186 Å². The number of benzene rings is 6. The SMILES string of the molecule is CC1(C)c2ccccc2-c2cc3c4cc5c(cc4n(-c4cccc6c4c4ccccc4n6-c4ccccc4)c3cc21)C(C)(C)C(C)(C)C5(C)C. The van der Waals surface area contributed by atoms with E-state index in [1.54, 1.807) is 0 Å². The Hall–Kier alpha value is -5.08. The zero-order chi connectivity index (χ0) is 34.5. The summed E-state index contributed by atoms with van der Waals surface area (Å²) in [5.74, 6) is 0. The molecule has 0 fully saturated rings. The number of hydrogen-bond donors (Lipinski definition) is 0. The number of para-hydroxylation sites is 2. The number of rotatable bonds is 2. The van der Waals surface area contributed by atoms with Gasteiger partial charge in [-0.05, 0) is 104 Å². The van der Waals surface area contributed by atoms with Crippen molar-refractivity contribution >= 4 is 43.6 Å². The third-order valence-electron chi connectivity index (χ3n) is 14.0. The maximum Gasteiger partial charge on any atom is 0.0562 e. The molecule has 10 rings (SSSR count). The summed E-state index contributed by atoms with van der Waals surface area (Å²) in [5, 5.41) is 5.23. The van der Waals surface area contributed by atoms with Crippen LogP contribution in [0.4, 0.5) is 0 Å². The van der Waals surface area contributed by atoms with Crippen LogP contribution in [0.2, 0.25) is 0 Å². The predicted octanol–water partition coefficient (Wildman–Crippen LogP) is 12.8. The molecule has 0 bridgehead atoms. The lowest BCUT2D eigenvalue weighted by Crippen LogP contribution is -2.42. The van der Waals surface area contributed by atoms with Crippen molar-refractivity contribution in [2.24, 2.45) is 5.41 Å². The Morgan fingerprint density at radius 2 is 1.00 bits per heavy atom. The van der Waals surface area contributed by atoms with E-state index in [-0.39, 0.29) is 21.7 Å². The number of fused-ring (bicyclic) bond motifs is 10. The molecule has 0 saturated carbocycles. The zero-order valence-electron chi connectivity index (χ0n) is 30.4. The second-order valence-corrected chi connectivity index (χ2v) is 17.1. The topological polar surface area (TPSA) is 9.86 Å². The Morgan fingerprint density at radius 3 is 1.76 bits per heavy atom. The quantitative estimate of drug-likeness (QED) is 0.177. The maximum atomic E-state index is 2.61. The smallest absolute Gasteiger partial charge is 0.0562 e.